The summed E-state index contributed by atoms with van der Waals surface area (Å²) in [5, 5.41) is 0.594. The van der Waals surface area contributed by atoms with Gasteiger partial charge in [0.05, 0.1) is 5.69 Å². The second kappa shape index (κ2) is 10.3. The zero-order valence-electron chi connectivity index (χ0n) is 17.4. The van der Waals surface area contributed by atoms with E-state index in [9.17, 15) is 4.39 Å². The van der Waals surface area contributed by atoms with Crippen LogP contribution in [0.25, 0.3) is 0 Å². The van der Waals surface area contributed by atoms with Gasteiger partial charge in [-0.2, -0.15) is 0 Å². The van der Waals surface area contributed by atoms with Gasteiger partial charge in [0.15, 0.2) is 6.29 Å². The van der Waals surface area contributed by atoms with Gasteiger partial charge in [-0.25, -0.2) is 4.39 Å². The number of hydrogen-bond acceptors (Lipinski definition) is 3. The molecule has 2 fully saturated rings. The summed E-state index contributed by atoms with van der Waals surface area (Å²) in [7, 11) is 0. The van der Waals surface area contributed by atoms with Crippen LogP contribution in [-0.2, 0) is 9.47 Å². The molecule has 0 radical (unpaired) electrons. The maximum Gasteiger partial charge on any atom is 0.160 e. The Hall–Kier alpha value is -0.840. The number of hydrogen-bond donors (Lipinski definition) is 0. The lowest BCUT2D eigenvalue weighted by molar-refractivity contribution is -0.211. The molecule has 0 N–H and O–H groups in total. The van der Waals surface area contributed by atoms with E-state index in [-0.39, 0.29) is 12.1 Å². The Morgan fingerprint density at radius 1 is 1.11 bits per heavy atom. The van der Waals surface area contributed by atoms with Crippen LogP contribution in [0.1, 0.15) is 65.2 Å². The average Bonchev–Trinajstić information content (AvgIpc) is 2.67. The molecule has 0 atom stereocenters. The van der Waals surface area contributed by atoms with Crippen LogP contribution in [0.4, 0.5) is 10.1 Å². The van der Waals surface area contributed by atoms with E-state index in [1.807, 2.05) is 0 Å². The molecule has 1 saturated heterocycles. The highest BCUT2D eigenvalue weighted by molar-refractivity contribution is 6.30. The van der Waals surface area contributed by atoms with Gasteiger partial charge >= 0.3 is 0 Å². The third-order valence-electron chi connectivity index (χ3n) is 6.41. The molecule has 158 valence electrons. The van der Waals surface area contributed by atoms with E-state index in [4.69, 9.17) is 21.1 Å². The molecule has 1 saturated carbocycles. The van der Waals surface area contributed by atoms with Gasteiger partial charge in [0.25, 0.3) is 0 Å². The fourth-order valence-corrected chi connectivity index (χ4v) is 4.78. The summed E-state index contributed by atoms with van der Waals surface area (Å²) in [5.41, 5.74) is 1.03. The van der Waals surface area contributed by atoms with Crippen molar-refractivity contribution in [1.82, 2.24) is 0 Å². The molecule has 1 aliphatic carbocycles. The normalized spacial score (nSPS) is 19.4. The van der Waals surface area contributed by atoms with Crippen molar-refractivity contribution in [2.24, 2.45) is 11.3 Å². The lowest BCUT2D eigenvalue weighted by Gasteiger charge is -2.54. The molecule has 1 aliphatic heterocycles. The SMILES string of the molecule is CCCCOC(OCCCC)C1CC2(CCN(c3cc(Cl)ccc3F)CC2)C1. The van der Waals surface area contributed by atoms with Crippen molar-refractivity contribution in [3.63, 3.8) is 0 Å². The Bertz CT molecular complexity index is 601. The Morgan fingerprint density at radius 2 is 1.71 bits per heavy atom. The quantitative estimate of drug-likeness (QED) is 0.327. The number of unbranched alkanes of at least 4 members (excludes halogenated alkanes) is 2. The molecule has 0 amide bonds. The Kier molecular flexibility index (Phi) is 8.02. The van der Waals surface area contributed by atoms with Crippen molar-refractivity contribution < 1.29 is 13.9 Å². The van der Waals surface area contributed by atoms with Gasteiger partial charge in [-0.1, -0.05) is 38.3 Å². The minimum Gasteiger partial charge on any atom is -0.369 e. The van der Waals surface area contributed by atoms with E-state index in [2.05, 4.69) is 18.7 Å². The van der Waals surface area contributed by atoms with Gasteiger partial charge in [0.1, 0.15) is 5.82 Å². The van der Waals surface area contributed by atoms with Gasteiger partial charge in [-0.15, -0.1) is 0 Å². The van der Waals surface area contributed by atoms with Crippen LogP contribution in [0.2, 0.25) is 5.02 Å². The molecule has 28 heavy (non-hydrogen) atoms. The molecule has 1 aromatic rings. The smallest absolute Gasteiger partial charge is 0.160 e. The lowest BCUT2D eigenvalue weighted by Crippen LogP contribution is -2.51. The van der Waals surface area contributed by atoms with Crippen molar-refractivity contribution in [3.8, 4) is 0 Å². The monoisotopic (exact) mass is 411 g/mol. The van der Waals surface area contributed by atoms with Gasteiger partial charge < -0.3 is 14.4 Å². The number of benzene rings is 1. The van der Waals surface area contributed by atoms with Crippen molar-refractivity contribution in [3.05, 3.63) is 29.0 Å². The molecular weight excluding hydrogens is 377 g/mol. The second-order valence-electron chi connectivity index (χ2n) is 8.57. The molecule has 1 aromatic carbocycles. The minimum absolute atomic E-state index is 0.0490. The standard InChI is InChI=1S/C23H35ClFNO2/c1-3-5-13-27-22(28-14-6-4-2)18-16-23(17-18)9-11-26(12-10-23)21-15-19(24)7-8-20(21)25/h7-8,15,18,22H,3-6,9-14,16-17H2,1-2H3. The first kappa shape index (κ1) is 21.9. The van der Waals surface area contributed by atoms with Gasteiger partial charge in [0.2, 0.25) is 0 Å². The molecule has 0 bridgehead atoms. The van der Waals surface area contributed by atoms with Crippen molar-refractivity contribution in [1.29, 1.82) is 0 Å². The highest BCUT2D eigenvalue weighted by atomic mass is 35.5. The first-order valence-corrected chi connectivity index (χ1v) is 11.4. The number of piperidine rings is 1. The lowest BCUT2D eigenvalue weighted by atomic mass is 9.57. The Morgan fingerprint density at radius 3 is 2.29 bits per heavy atom. The summed E-state index contributed by atoms with van der Waals surface area (Å²) < 4.78 is 26.4. The second-order valence-corrected chi connectivity index (χ2v) is 9.00. The highest BCUT2D eigenvalue weighted by Crippen LogP contribution is 2.54. The summed E-state index contributed by atoms with van der Waals surface area (Å²) in [6.07, 6.45) is 8.96. The largest absolute Gasteiger partial charge is 0.369 e. The summed E-state index contributed by atoms with van der Waals surface area (Å²) in [6.45, 7) is 7.73. The van der Waals surface area contributed by atoms with Crippen molar-refractivity contribution in [2.45, 2.75) is 71.5 Å². The first-order chi connectivity index (χ1) is 13.6. The van der Waals surface area contributed by atoms with Crippen LogP contribution < -0.4 is 4.90 Å². The molecule has 0 unspecified atom stereocenters. The van der Waals surface area contributed by atoms with E-state index in [0.717, 1.165) is 64.8 Å². The summed E-state index contributed by atoms with van der Waals surface area (Å²) in [6, 6.07) is 4.82. The summed E-state index contributed by atoms with van der Waals surface area (Å²) in [4.78, 5) is 2.15. The fourth-order valence-electron chi connectivity index (χ4n) is 4.61. The molecule has 5 heteroatoms. The number of halogens is 2. The molecule has 1 spiro atoms. The maximum absolute atomic E-state index is 14.2. The van der Waals surface area contributed by atoms with Gasteiger partial charge in [0, 0.05) is 37.2 Å². The van der Waals surface area contributed by atoms with Crippen LogP contribution >= 0.6 is 11.6 Å². The van der Waals surface area contributed by atoms with Crippen LogP contribution in [0, 0.1) is 17.2 Å². The molecule has 3 rings (SSSR count). The van der Waals surface area contributed by atoms with Crippen molar-refractivity contribution >= 4 is 17.3 Å². The number of ether oxygens (including phenoxy) is 2. The summed E-state index contributed by atoms with van der Waals surface area (Å²) in [5.74, 6) is 0.323. The molecular formula is C23H35ClFNO2. The molecule has 3 nitrogen and oxygen atoms in total. The Labute approximate surface area is 174 Å². The minimum atomic E-state index is -0.180. The summed E-state index contributed by atoms with van der Waals surface area (Å²) >= 11 is 6.07. The number of anilines is 1. The van der Waals surface area contributed by atoms with Gasteiger partial charge in [-0.05, 0) is 62.1 Å². The van der Waals surface area contributed by atoms with E-state index in [0.29, 0.717) is 22.0 Å². The van der Waals surface area contributed by atoms with Crippen LogP contribution in [0.5, 0.6) is 0 Å². The number of nitrogens with zero attached hydrogens (tertiary/aromatic N) is 1. The van der Waals surface area contributed by atoms with E-state index >= 15 is 0 Å². The maximum atomic E-state index is 14.2. The van der Waals surface area contributed by atoms with Crippen LogP contribution in [0.15, 0.2) is 18.2 Å². The van der Waals surface area contributed by atoms with E-state index in [1.165, 1.54) is 18.9 Å². The third kappa shape index (κ3) is 5.40. The Balaban J connectivity index is 1.50. The third-order valence-corrected chi connectivity index (χ3v) is 6.64. The van der Waals surface area contributed by atoms with Crippen LogP contribution in [-0.4, -0.2) is 32.6 Å². The fraction of sp³-hybridized carbons (Fsp3) is 0.739. The predicted octanol–water partition coefficient (Wildman–Crippen LogP) is 6.44. The number of rotatable bonds is 10. The molecule has 1 heterocycles. The van der Waals surface area contributed by atoms with Crippen LogP contribution in [0.3, 0.4) is 0 Å². The topological polar surface area (TPSA) is 21.7 Å². The van der Waals surface area contributed by atoms with E-state index in [1.54, 1.807) is 12.1 Å². The zero-order chi connectivity index (χ0) is 20.0. The zero-order valence-corrected chi connectivity index (χ0v) is 18.1. The predicted molar refractivity (Wildman–Crippen MR) is 114 cm³/mol. The molecule has 2 aliphatic rings. The van der Waals surface area contributed by atoms with Gasteiger partial charge in [-0.3, -0.25) is 0 Å². The van der Waals surface area contributed by atoms with Crippen molar-refractivity contribution in [2.75, 3.05) is 31.2 Å². The average molecular weight is 412 g/mol. The molecule has 0 aromatic heterocycles. The first-order valence-electron chi connectivity index (χ1n) is 11.0. The van der Waals surface area contributed by atoms with E-state index < -0.39 is 0 Å². The highest BCUT2D eigenvalue weighted by Gasteiger charge is 2.49.